The molecule has 0 bridgehead atoms. The largest absolute Gasteiger partial charge is 0.507 e. The van der Waals surface area contributed by atoms with E-state index in [0.717, 1.165) is 24.2 Å². The van der Waals surface area contributed by atoms with Crippen molar-refractivity contribution in [1.29, 1.82) is 0 Å². The Morgan fingerprint density at radius 1 is 1.00 bits per heavy atom. The maximum atomic E-state index is 10.7. The van der Waals surface area contributed by atoms with Crippen molar-refractivity contribution in [3.05, 3.63) is 28.8 Å². The molecule has 0 fully saturated rings. The summed E-state index contributed by atoms with van der Waals surface area (Å²) in [5.41, 5.74) is 3.32. The van der Waals surface area contributed by atoms with Crippen molar-refractivity contribution in [1.82, 2.24) is 10.2 Å². The van der Waals surface area contributed by atoms with Crippen LogP contribution >= 0.6 is 0 Å². The van der Waals surface area contributed by atoms with Gasteiger partial charge < -0.3 is 20.4 Å². The van der Waals surface area contributed by atoms with E-state index in [1.165, 1.54) is 5.56 Å². The first-order chi connectivity index (χ1) is 11.7. The smallest absolute Gasteiger partial charge is 0.123 e. The van der Waals surface area contributed by atoms with Crippen LogP contribution in [0.4, 0.5) is 0 Å². The summed E-state index contributed by atoms with van der Waals surface area (Å²) in [7, 11) is 4.13. The summed E-state index contributed by atoms with van der Waals surface area (Å²) < 4.78 is 0. The average Bonchev–Trinajstić information content (AvgIpc) is 2.41. The van der Waals surface area contributed by atoms with E-state index in [4.69, 9.17) is 5.11 Å². The minimum atomic E-state index is -0.167. The molecule has 3 N–H and O–H groups in total. The SMILES string of the molecule is CC(C)O.CN(C)CCNCc1cc(C(C)(C)C)cc(C(C)(C)C)c1O.[Zn]. The monoisotopic (exact) mass is 430 g/mol. The fourth-order valence-electron chi connectivity index (χ4n) is 2.36. The van der Waals surface area contributed by atoms with Gasteiger partial charge in [0.25, 0.3) is 0 Å². The molecule has 0 heterocycles. The number of nitrogens with zero attached hydrogens (tertiary/aromatic N) is 1. The number of rotatable bonds is 5. The molecule has 27 heavy (non-hydrogen) atoms. The molecule has 0 amide bonds. The topological polar surface area (TPSA) is 55.7 Å². The fraction of sp³-hybridized carbons (Fsp3) is 0.727. The van der Waals surface area contributed by atoms with Crippen molar-refractivity contribution in [3.63, 3.8) is 0 Å². The predicted octanol–water partition coefficient (Wildman–Crippen LogP) is 4.02. The number of aliphatic hydroxyl groups excluding tert-OH is 1. The van der Waals surface area contributed by atoms with E-state index in [1.807, 2.05) is 0 Å². The Morgan fingerprint density at radius 2 is 1.48 bits per heavy atom. The molecule has 0 radical (unpaired) electrons. The van der Waals surface area contributed by atoms with Crippen molar-refractivity contribution in [2.24, 2.45) is 0 Å². The second kappa shape index (κ2) is 12.2. The number of phenols is 1. The zero-order valence-electron chi connectivity index (χ0n) is 19.4. The molecular formula is C22H42N2O2Zn. The Morgan fingerprint density at radius 3 is 1.85 bits per heavy atom. The van der Waals surface area contributed by atoms with Gasteiger partial charge in [-0.15, -0.1) is 0 Å². The molecule has 0 saturated heterocycles. The summed E-state index contributed by atoms with van der Waals surface area (Å²) in [6, 6.07) is 4.31. The van der Waals surface area contributed by atoms with Crippen LogP contribution in [0, 0.1) is 0 Å². The predicted molar refractivity (Wildman–Crippen MR) is 113 cm³/mol. The van der Waals surface area contributed by atoms with Crippen LogP contribution in [0.3, 0.4) is 0 Å². The molecule has 4 nitrogen and oxygen atoms in total. The van der Waals surface area contributed by atoms with Crippen LogP contribution in [0.25, 0.3) is 0 Å². The number of hydrogen-bond acceptors (Lipinski definition) is 4. The van der Waals surface area contributed by atoms with Crippen LogP contribution < -0.4 is 5.32 Å². The summed E-state index contributed by atoms with van der Waals surface area (Å²) in [4.78, 5) is 2.15. The first-order valence-electron chi connectivity index (χ1n) is 9.56. The molecular weight excluding hydrogens is 390 g/mol. The fourth-order valence-corrected chi connectivity index (χ4v) is 2.36. The second-order valence-electron chi connectivity index (χ2n) is 9.61. The number of likely N-dealkylation sites (N-methyl/N-ethyl adjacent to an activating group) is 1. The minimum absolute atomic E-state index is 0. The molecule has 0 unspecified atom stereocenters. The molecule has 1 rings (SSSR count). The van der Waals surface area contributed by atoms with Gasteiger partial charge in [0.1, 0.15) is 5.75 Å². The third kappa shape index (κ3) is 11.8. The van der Waals surface area contributed by atoms with Gasteiger partial charge in [-0.2, -0.15) is 0 Å². The normalized spacial score (nSPS) is 11.9. The molecule has 5 heteroatoms. The van der Waals surface area contributed by atoms with E-state index < -0.39 is 0 Å². The number of hydrogen-bond donors (Lipinski definition) is 3. The molecule has 1 aromatic rings. The quantitative estimate of drug-likeness (QED) is 0.486. The van der Waals surface area contributed by atoms with Gasteiger partial charge in [0.15, 0.2) is 0 Å². The van der Waals surface area contributed by atoms with Crippen LogP contribution in [-0.4, -0.2) is 48.4 Å². The molecule has 0 aliphatic rings. The Kier molecular flexibility index (Phi) is 12.9. The Labute approximate surface area is 180 Å². The van der Waals surface area contributed by atoms with Gasteiger partial charge in [0.05, 0.1) is 0 Å². The Bertz CT molecular complexity index is 542. The summed E-state index contributed by atoms with van der Waals surface area (Å²) in [6.07, 6.45) is -0.167. The summed E-state index contributed by atoms with van der Waals surface area (Å²) >= 11 is 0. The summed E-state index contributed by atoms with van der Waals surface area (Å²) in [6.45, 7) is 19.2. The first kappa shape index (κ1) is 28.7. The Hall–Kier alpha value is -0.477. The van der Waals surface area contributed by atoms with Gasteiger partial charge in [-0.05, 0) is 49.9 Å². The number of benzene rings is 1. The average molecular weight is 432 g/mol. The van der Waals surface area contributed by atoms with Crippen molar-refractivity contribution in [2.75, 3.05) is 27.2 Å². The molecule has 0 aromatic heterocycles. The van der Waals surface area contributed by atoms with Crippen molar-refractivity contribution in [3.8, 4) is 5.75 Å². The van der Waals surface area contributed by atoms with Crippen LogP contribution in [0.1, 0.15) is 72.1 Å². The maximum Gasteiger partial charge on any atom is 0.123 e. The molecule has 0 atom stereocenters. The van der Waals surface area contributed by atoms with Crippen molar-refractivity contribution >= 4 is 0 Å². The van der Waals surface area contributed by atoms with Gasteiger partial charge in [-0.3, -0.25) is 0 Å². The van der Waals surface area contributed by atoms with E-state index in [2.05, 4.69) is 78.0 Å². The molecule has 0 aliphatic heterocycles. The van der Waals surface area contributed by atoms with Crippen LogP contribution in [-0.2, 0) is 36.9 Å². The summed E-state index contributed by atoms with van der Waals surface area (Å²) in [5.74, 6) is 0.442. The molecule has 0 aliphatic carbocycles. The minimum Gasteiger partial charge on any atom is -0.507 e. The third-order valence-corrected chi connectivity index (χ3v) is 3.91. The molecule has 1 aromatic carbocycles. The molecule has 154 valence electrons. The van der Waals surface area contributed by atoms with E-state index in [1.54, 1.807) is 13.8 Å². The number of phenolic OH excluding ortho intramolecular Hbond substituents is 1. The first-order valence-corrected chi connectivity index (χ1v) is 9.56. The number of aliphatic hydroxyl groups is 1. The van der Waals surface area contributed by atoms with E-state index in [9.17, 15) is 5.11 Å². The van der Waals surface area contributed by atoms with Gasteiger partial charge >= 0.3 is 0 Å². The zero-order valence-corrected chi connectivity index (χ0v) is 22.4. The summed E-state index contributed by atoms with van der Waals surface area (Å²) in [5, 5.41) is 22.2. The van der Waals surface area contributed by atoms with Gasteiger partial charge in [0.2, 0.25) is 0 Å². The van der Waals surface area contributed by atoms with Crippen molar-refractivity contribution in [2.45, 2.75) is 78.9 Å². The van der Waals surface area contributed by atoms with Gasteiger partial charge in [0, 0.05) is 50.8 Å². The number of aromatic hydroxyl groups is 1. The van der Waals surface area contributed by atoms with Crippen LogP contribution in [0.15, 0.2) is 12.1 Å². The van der Waals surface area contributed by atoms with Gasteiger partial charge in [-0.25, -0.2) is 0 Å². The zero-order chi connectivity index (χ0) is 20.7. The van der Waals surface area contributed by atoms with Gasteiger partial charge in [-0.1, -0.05) is 53.7 Å². The van der Waals surface area contributed by atoms with E-state index >= 15 is 0 Å². The van der Waals surface area contributed by atoms with Crippen molar-refractivity contribution < 1.29 is 29.7 Å². The number of nitrogens with one attached hydrogen (secondary N) is 1. The third-order valence-electron chi connectivity index (χ3n) is 3.91. The standard InChI is InChI=1S/C19H34N2O.C3H8O.Zn/c1-18(2,3)15-11-14(13-20-9-10-21(7)8)17(22)16(12-15)19(4,5)6;1-3(2)4;/h11-12,20,22H,9-10,13H2,1-8H3;3-4H,1-2H3;. The van der Waals surface area contributed by atoms with E-state index in [-0.39, 0.29) is 36.4 Å². The molecule has 0 saturated carbocycles. The molecule has 0 spiro atoms. The van der Waals surface area contributed by atoms with Crippen LogP contribution in [0.5, 0.6) is 5.75 Å². The maximum absolute atomic E-state index is 10.7. The van der Waals surface area contributed by atoms with E-state index in [0.29, 0.717) is 12.3 Å². The van der Waals surface area contributed by atoms with Crippen LogP contribution in [0.2, 0.25) is 0 Å². The second-order valence-corrected chi connectivity index (χ2v) is 9.61. The Balaban J connectivity index is 0.